The number of aliphatic hydroxyl groups excluding tert-OH is 1. The van der Waals surface area contributed by atoms with Gasteiger partial charge in [0.2, 0.25) is 0 Å². The normalized spacial score (nSPS) is 24.9. The summed E-state index contributed by atoms with van der Waals surface area (Å²) < 4.78 is 0. The SMILES string of the molecule is CC(=CCl)CC1(C(C)O)CC1. The van der Waals surface area contributed by atoms with Crippen LogP contribution in [0.3, 0.4) is 0 Å². The molecule has 0 aromatic carbocycles. The fourth-order valence-electron chi connectivity index (χ4n) is 1.50. The molecule has 1 aliphatic carbocycles. The first-order valence-corrected chi connectivity index (χ1v) is 4.48. The van der Waals surface area contributed by atoms with E-state index in [1.54, 1.807) is 5.54 Å². The van der Waals surface area contributed by atoms with Crippen molar-refractivity contribution in [3.05, 3.63) is 11.1 Å². The fraction of sp³-hybridized carbons (Fsp3) is 0.778. The molecule has 0 saturated heterocycles. The first-order chi connectivity index (χ1) is 5.10. The molecule has 0 radical (unpaired) electrons. The van der Waals surface area contributed by atoms with Crippen molar-refractivity contribution in [2.45, 2.75) is 39.2 Å². The van der Waals surface area contributed by atoms with Gasteiger partial charge in [-0.15, -0.1) is 0 Å². The van der Waals surface area contributed by atoms with Crippen LogP contribution in [0, 0.1) is 5.41 Å². The minimum Gasteiger partial charge on any atom is -0.393 e. The smallest absolute Gasteiger partial charge is 0.0571 e. The van der Waals surface area contributed by atoms with Crippen LogP contribution in [-0.4, -0.2) is 11.2 Å². The zero-order valence-electron chi connectivity index (χ0n) is 7.10. The number of allylic oxidation sites excluding steroid dienone is 1. The highest BCUT2D eigenvalue weighted by Gasteiger charge is 2.46. The number of rotatable bonds is 3. The highest BCUT2D eigenvalue weighted by Crippen LogP contribution is 2.53. The van der Waals surface area contributed by atoms with Crippen molar-refractivity contribution in [2.24, 2.45) is 5.41 Å². The van der Waals surface area contributed by atoms with E-state index in [1.807, 2.05) is 13.8 Å². The molecule has 1 fully saturated rings. The van der Waals surface area contributed by atoms with Gasteiger partial charge in [0, 0.05) is 5.54 Å². The molecule has 1 aliphatic rings. The van der Waals surface area contributed by atoms with Crippen molar-refractivity contribution in [1.29, 1.82) is 0 Å². The molecule has 1 saturated carbocycles. The Labute approximate surface area is 73.1 Å². The van der Waals surface area contributed by atoms with Crippen molar-refractivity contribution in [3.63, 3.8) is 0 Å². The van der Waals surface area contributed by atoms with Crippen LogP contribution in [0.1, 0.15) is 33.1 Å². The average molecular weight is 175 g/mol. The number of hydrogen-bond donors (Lipinski definition) is 1. The Morgan fingerprint density at radius 1 is 1.73 bits per heavy atom. The Morgan fingerprint density at radius 2 is 2.27 bits per heavy atom. The lowest BCUT2D eigenvalue weighted by atomic mass is 9.93. The Bertz CT molecular complexity index is 168. The summed E-state index contributed by atoms with van der Waals surface area (Å²) in [4.78, 5) is 0. The summed E-state index contributed by atoms with van der Waals surface area (Å²) in [7, 11) is 0. The van der Waals surface area contributed by atoms with Crippen LogP contribution in [0.4, 0.5) is 0 Å². The zero-order valence-corrected chi connectivity index (χ0v) is 7.86. The van der Waals surface area contributed by atoms with Gasteiger partial charge >= 0.3 is 0 Å². The maximum Gasteiger partial charge on any atom is 0.0571 e. The van der Waals surface area contributed by atoms with E-state index in [0.29, 0.717) is 0 Å². The van der Waals surface area contributed by atoms with Gasteiger partial charge in [0.1, 0.15) is 0 Å². The second-order valence-corrected chi connectivity index (χ2v) is 3.89. The highest BCUT2D eigenvalue weighted by molar-refractivity contribution is 6.25. The van der Waals surface area contributed by atoms with Gasteiger partial charge in [-0.05, 0) is 38.5 Å². The summed E-state index contributed by atoms with van der Waals surface area (Å²) in [6, 6.07) is 0. The minimum atomic E-state index is -0.186. The van der Waals surface area contributed by atoms with Crippen LogP contribution in [0.2, 0.25) is 0 Å². The molecule has 0 spiro atoms. The van der Waals surface area contributed by atoms with E-state index < -0.39 is 0 Å². The van der Waals surface area contributed by atoms with E-state index in [2.05, 4.69) is 0 Å². The zero-order chi connectivity index (χ0) is 8.48. The molecule has 0 aromatic rings. The van der Waals surface area contributed by atoms with Crippen LogP contribution in [0.25, 0.3) is 0 Å². The lowest BCUT2D eigenvalue weighted by molar-refractivity contribution is 0.110. The maximum atomic E-state index is 9.42. The monoisotopic (exact) mass is 174 g/mol. The van der Waals surface area contributed by atoms with Gasteiger partial charge in [-0.2, -0.15) is 0 Å². The van der Waals surface area contributed by atoms with Gasteiger partial charge in [-0.25, -0.2) is 0 Å². The molecule has 2 heteroatoms. The lowest BCUT2D eigenvalue weighted by Gasteiger charge is -2.18. The minimum absolute atomic E-state index is 0.176. The third-order valence-electron chi connectivity index (χ3n) is 2.60. The summed E-state index contributed by atoms with van der Waals surface area (Å²) in [6.07, 6.45) is 3.06. The van der Waals surface area contributed by atoms with Gasteiger partial charge in [0.15, 0.2) is 0 Å². The first kappa shape index (κ1) is 9.08. The van der Waals surface area contributed by atoms with E-state index in [4.69, 9.17) is 11.6 Å². The van der Waals surface area contributed by atoms with Crippen molar-refractivity contribution in [1.82, 2.24) is 0 Å². The molecule has 1 rings (SSSR count). The Hall–Kier alpha value is -0.0100. The van der Waals surface area contributed by atoms with Gasteiger partial charge in [0.05, 0.1) is 6.10 Å². The molecule has 64 valence electrons. The molecule has 0 aliphatic heterocycles. The van der Waals surface area contributed by atoms with Gasteiger partial charge in [-0.1, -0.05) is 17.2 Å². The fourth-order valence-corrected chi connectivity index (χ4v) is 1.57. The number of aliphatic hydroxyl groups is 1. The summed E-state index contributed by atoms with van der Waals surface area (Å²) in [5.41, 5.74) is 2.96. The summed E-state index contributed by atoms with van der Waals surface area (Å²) >= 11 is 5.55. The van der Waals surface area contributed by atoms with E-state index in [9.17, 15) is 5.11 Å². The predicted octanol–water partition coefficient (Wildman–Crippen LogP) is 2.68. The molecule has 0 aromatic heterocycles. The van der Waals surface area contributed by atoms with Crippen LogP contribution < -0.4 is 0 Å². The molecule has 0 bridgehead atoms. The molecule has 1 nitrogen and oxygen atoms in total. The van der Waals surface area contributed by atoms with Crippen LogP contribution >= 0.6 is 11.6 Å². The highest BCUT2D eigenvalue weighted by atomic mass is 35.5. The van der Waals surface area contributed by atoms with E-state index in [1.165, 1.54) is 5.57 Å². The second-order valence-electron chi connectivity index (χ2n) is 3.67. The topological polar surface area (TPSA) is 20.2 Å². The first-order valence-electron chi connectivity index (χ1n) is 4.05. The van der Waals surface area contributed by atoms with Gasteiger partial charge in [0.25, 0.3) is 0 Å². The number of hydrogen-bond acceptors (Lipinski definition) is 1. The Balaban J connectivity index is 2.48. The molecule has 1 atom stereocenters. The summed E-state index contributed by atoms with van der Waals surface area (Å²) in [5, 5.41) is 9.42. The molecular formula is C9H15ClO. The Kier molecular flexibility index (Phi) is 2.61. The molecule has 0 amide bonds. The van der Waals surface area contributed by atoms with Crippen molar-refractivity contribution >= 4 is 11.6 Å². The van der Waals surface area contributed by atoms with Crippen molar-refractivity contribution in [3.8, 4) is 0 Å². The summed E-state index contributed by atoms with van der Waals surface area (Å²) in [6.45, 7) is 3.88. The van der Waals surface area contributed by atoms with E-state index in [-0.39, 0.29) is 11.5 Å². The van der Waals surface area contributed by atoms with Crippen LogP contribution in [0.5, 0.6) is 0 Å². The van der Waals surface area contributed by atoms with Crippen LogP contribution in [-0.2, 0) is 0 Å². The maximum absolute atomic E-state index is 9.42. The molecule has 11 heavy (non-hydrogen) atoms. The third-order valence-corrected chi connectivity index (χ3v) is 2.97. The average Bonchev–Trinajstić information content (AvgIpc) is 2.69. The third kappa shape index (κ3) is 1.97. The quantitative estimate of drug-likeness (QED) is 0.698. The van der Waals surface area contributed by atoms with Crippen molar-refractivity contribution in [2.75, 3.05) is 0 Å². The molecular weight excluding hydrogens is 160 g/mol. The predicted molar refractivity (Wildman–Crippen MR) is 47.6 cm³/mol. The van der Waals surface area contributed by atoms with Crippen molar-refractivity contribution < 1.29 is 5.11 Å². The Morgan fingerprint density at radius 3 is 2.55 bits per heavy atom. The van der Waals surface area contributed by atoms with Gasteiger partial charge < -0.3 is 5.11 Å². The van der Waals surface area contributed by atoms with E-state index >= 15 is 0 Å². The van der Waals surface area contributed by atoms with Gasteiger partial charge in [-0.3, -0.25) is 0 Å². The second kappa shape index (κ2) is 3.16. The lowest BCUT2D eigenvalue weighted by Crippen LogP contribution is -2.17. The molecule has 0 heterocycles. The van der Waals surface area contributed by atoms with Crippen LogP contribution in [0.15, 0.2) is 11.1 Å². The van der Waals surface area contributed by atoms with E-state index in [0.717, 1.165) is 19.3 Å². The molecule has 1 unspecified atom stereocenters. The standard InChI is InChI=1S/C9H15ClO/c1-7(6-10)5-9(3-4-9)8(2)11/h6,8,11H,3-5H2,1-2H3. The summed E-state index contributed by atoms with van der Waals surface area (Å²) in [5.74, 6) is 0. The molecule has 1 N–H and O–H groups in total. The largest absolute Gasteiger partial charge is 0.393 e. The number of halogens is 1.